The van der Waals surface area contributed by atoms with Crippen LogP contribution in [0.1, 0.15) is 99.1 Å². The van der Waals surface area contributed by atoms with Crippen LogP contribution in [0.2, 0.25) is 0 Å². The van der Waals surface area contributed by atoms with Crippen molar-refractivity contribution in [1.29, 1.82) is 0 Å². The summed E-state index contributed by atoms with van der Waals surface area (Å²) in [6.45, 7) is 19.4. The number of aliphatic hydroxyl groups excluding tert-OH is 1. The Labute approximate surface area is 328 Å². The number of furan rings is 1. The molecule has 6 rings (SSSR count). The first-order chi connectivity index (χ1) is 24.4. The van der Waals surface area contributed by atoms with Gasteiger partial charge >= 0.3 is 0 Å². The van der Waals surface area contributed by atoms with E-state index in [0.29, 0.717) is 11.6 Å². The van der Waals surface area contributed by atoms with E-state index in [1.165, 1.54) is 38.2 Å². The number of carbonyl (C=O) groups excluding carboxylic acids is 1. The quantitative estimate of drug-likeness (QED) is 0.0800. The number of aliphatic hydroxyl groups is 1. The molecule has 277 valence electrons. The Morgan fingerprint density at radius 1 is 0.904 bits per heavy atom. The largest absolute Gasteiger partial charge is 0.512 e. The van der Waals surface area contributed by atoms with E-state index < -0.39 is 0 Å². The van der Waals surface area contributed by atoms with E-state index in [9.17, 15) is 9.90 Å². The number of rotatable bonds is 11. The third-order valence-electron chi connectivity index (χ3n) is 9.97. The van der Waals surface area contributed by atoms with Gasteiger partial charge in [-0.2, -0.15) is 0 Å². The SMILES string of the molecule is CC(C)Cc1csc2cc(-c3cc(-c4[c-]c5ccccc5c(C(C)(C)C)c4)nc4occc34)ccc12.CCC(CC)C(=O)/C=C(\O)C(CC)CC.[Ir]. The fourth-order valence-corrected chi connectivity index (χ4v) is 7.96. The molecule has 6 aromatic rings. The van der Waals surface area contributed by atoms with Crippen LogP contribution in [0.3, 0.4) is 0 Å². The van der Waals surface area contributed by atoms with Crippen molar-refractivity contribution in [3.05, 3.63) is 101 Å². The number of nitrogens with zero attached hydrogens (tertiary/aromatic N) is 1. The van der Waals surface area contributed by atoms with Crippen molar-refractivity contribution in [2.45, 2.75) is 99.8 Å². The molecule has 3 heterocycles. The standard InChI is InChI=1S/C33H30NOS.C13H24O2.Ir/c1-20(2)14-24-19-36-31-17-22(10-11-26(24)31)28-18-30(34-32-27(28)12-13-35-32)23-15-21-8-6-7-9-25(21)29(16-23)33(3,4)5;1-5-10(6-2)12(14)9-13(15)11(7-3)8-4;/h6-13,16-20H,14H2,1-5H3;9-11,14H,5-8H2,1-4H3;/q-1;;/b;12-9-;. The van der Waals surface area contributed by atoms with E-state index in [1.54, 1.807) is 6.26 Å². The Balaban J connectivity index is 0.000000323. The van der Waals surface area contributed by atoms with Gasteiger partial charge in [-0.1, -0.05) is 110 Å². The number of allylic oxidation sites excluding steroid dienone is 2. The van der Waals surface area contributed by atoms with E-state index in [4.69, 9.17) is 9.40 Å². The number of pyridine rings is 1. The van der Waals surface area contributed by atoms with Crippen LogP contribution >= 0.6 is 11.3 Å². The molecule has 0 aliphatic rings. The van der Waals surface area contributed by atoms with Crippen molar-refractivity contribution in [2.24, 2.45) is 17.8 Å². The van der Waals surface area contributed by atoms with Crippen molar-refractivity contribution < 1.29 is 34.4 Å². The zero-order valence-electron chi connectivity index (χ0n) is 32.2. The molecule has 0 fully saturated rings. The van der Waals surface area contributed by atoms with Crippen LogP contribution < -0.4 is 0 Å². The maximum Gasteiger partial charge on any atom is 0.219 e. The molecule has 1 radical (unpaired) electrons. The summed E-state index contributed by atoms with van der Waals surface area (Å²) in [5, 5.41) is 16.8. The Morgan fingerprint density at radius 3 is 2.25 bits per heavy atom. The van der Waals surface area contributed by atoms with Gasteiger partial charge in [0.1, 0.15) is 0 Å². The van der Waals surface area contributed by atoms with E-state index in [2.05, 4.69) is 101 Å². The molecule has 0 saturated carbocycles. The molecule has 0 amide bonds. The van der Waals surface area contributed by atoms with Crippen LogP contribution in [0.4, 0.5) is 0 Å². The fourth-order valence-electron chi connectivity index (χ4n) is 6.94. The smallest absolute Gasteiger partial charge is 0.219 e. The third kappa shape index (κ3) is 9.31. The van der Waals surface area contributed by atoms with Crippen LogP contribution in [0.25, 0.3) is 54.3 Å². The Kier molecular flexibility index (Phi) is 14.2. The van der Waals surface area contributed by atoms with Gasteiger partial charge in [-0.3, -0.25) is 9.78 Å². The van der Waals surface area contributed by atoms with Gasteiger partial charge in [0.25, 0.3) is 0 Å². The summed E-state index contributed by atoms with van der Waals surface area (Å²) >= 11 is 1.83. The van der Waals surface area contributed by atoms with Crippen LogP contribution in [0.5, 0.6) is 0 Å². The molecule has 0 aliphatic heterocycles. The molecule has 0 aliphatic carbocycles. The molecular weight excluding hydrogens is 839 g/mol. The first-order valence-corrected chi connectivity index (χ1v) is 19.5. The van der Waals surface area contributed by atoms with Crippen LogP contribution in [-0.2, 0) is 36.7 Å². The number of thiophene rings is 1. The molecule has 52 heavy (non-hydrogen) atoms. The molecular formula is C46H54IrNO3S-. The van der Waals surface area contributed by atoms with Crippen molar-refractivity contribution >= 4 is 49.1 Å². The number of hydrogen-bond acceptors (Lipinski definition) is 5. The van der Waals surface area contributed by atoms with Gasteiger partial charge in [0.2, 0.25) is 5.71 Å². The molecule has 0 bridgehead atoms. The molecule has 6 heteroatoms. The second-order valence-electron chi connectivity index (χ2n) is 15.2. The Morgan fingerprint density at radius 2 is 1.60 bits per heavy atom. The van der Waals surface area contributed by atoms with Gasteiger partial charge < -0.3 is 9.52 Å². The van der Waals surface area contributed by atoms with Crippen molar-refractivity contribution in [1.82, 2.24) is 4.98 Å². The van der Waals surface area contributed by atoms with E-state index in [0.717, 1.165) is 59.7 Å². The molecule has 1 N–H and O–H groups in total. The third-order valence-corrected chi connectivity index (χ3v) is 11.0. The molecule has 0 saturated heterocycles. The molecule has 4 nitrogen and oxygen atoms in total. The minimum absolute atomic E-state index is 0. The van der Waals surface area contributed by atoms with Crippen molar-refractivity contribution in [2.75, 3.05) is 0 Å². The minimum Gasteiger partial charge on any atom is -0.512 e. The zero-order chi connectivity index (χ0) is 36.9. The second-order valence-corrected chi connectivity index (χ2v) is 16.1. The maximum atomic E-state index is 11.7. The topological polar surface area (TPSA) is 63.3 Å². The normalized spacial score (nSPS) is 12.2. The van der Waals surface area contributed by atoms with Gasteiger partial charge in [-0.15, -0.1) is 40.5 Å². The first-order valence-electron chi connectivity index (χ1n) is 18.7. The Bertz CT molecular complexity index is 2140. The number of fused-ring (bicyclic) bond motifs is 3. The van der Waals surface area contributed by atoms with Gasteiger partial charge in [0.05, 0.1) is 12.0 Å². The predicted molar refractivity (Wildman–Crippen MR) is 218 cm³/mol. The number of ketones is 1. The zero-order valence-corrected chi connectivity index (χ0v) is 35.4. The van der Waals surface area contributed by atoms with Crippen molar-refractivity contribution in [3.8, 4) is 22.4 Å². The minimum atomic E-state index is -0.00102. The van der Waals surface area contributed by atoms with Crippen LogP contribution in [0.15, 0.2) is 88.6 Å². The maximum absolute atomic E-state index is 11.7. The summed E-state index contributed by atoms with van der Waals surface area (Å²) in [7, 11) is 0. The number of hydrogen-bond donors (Lipinski definition) is 1. The molecule has 3 aromatic carbocycles. The molecule has 3 aromatic heterocycles. The van der Waals surface area contributed by atoms with Gasteiger partial charge in [0, 0.05) is 53.8 Å². The summed E-state index contributed by atoms with van der Waals surface area (Å²) in [5.41, 5.74) is 7.61. The van der Waals surface area contributed by atoms with Crippen LogP contribution in [0, 0.1) is 23.8 Å². The summed E-state index contributed by atoms with van der Waals surface area (Å²) in [6.07, 6.45) is 7.75. The number of aromatic nitrogens is 1. The van der Waals surface area contributed by atoms with Gasteiger partial charge in [-0.05, 0) is 83.0 Å². The van der Waals surface area contributed by atoms with E-state index in [1.807, 2.05) is 45.1 Å². The number of carbonyl (C=O) groups is 1. The average Bonchev–Trinajstić information content (AvgIpc) is 3.75. The summed E-state index contributed by atoms with van der Waals surface area (Å²) in [6, 6.07) is 25.5. The Hall–Kier alpha value is -3.57. The first kappa shape index (κ1) is 41.2. The second kappa shape index (κ2) is 18.0. The van der Waals surface area contributed by atoms with Gasteiger partial charge in [-0.25, -0.2) is 0 Å². The average molecular weight is 893 g/mol. The summed E-state index contributed by atoms with van der Waals surface area (Å²) < 4.78 is 7.16. The molecule has 0 spiro atoms. The van der Waals surface area contributed by atoms with E-state index >= 15 is 0 Å². The summed E-state index contributed by atoms with van der Waals surface area (Å²) in [4.78, 5) is 16.6. The van der Waals surface area contributed by atoms with Gasteiger partial charge in [0.15, 0.2) is 5.78 Å². The number of benzene rings is 3. The molecule has 0 unspecified atom stereocenters. The van der Waals surface area contributed by atoms with Crippen molar-refractivity contribution in [3.63, 3.8) is 0 Å². The summed E-state index contributed by atoms with van der Waals surface area (Å²) in [5.74, 6) is 1.19. The molecule has 0 atom stereocenters. The van der Waals surface area contributed by atoms with Crippen LogP contribution in [-0.4, -0.2) is 15.9 Å². The predicted octanol–water partition coefficient (Wildman–Crippen LogP) is 13.7. The van der Waals surface area contributed by atoms with E-state index in [-0.39, 0.29) is 48.9 Å². The fraction of sp³-hybridized carbons (Fsp3) is 0.391. The monoisotopic (exact) mass is 893 g/mol.